The fourth-order valence-corrected chi connectivity index (χ4v) is 1.72. The van der Waals surface area contributed by atoms with Gasteiger partial charge in [-0.15, -0.1) is 0 Å². The van der Waals surface area contributed by atoms with Crippen LogP contribution in [0, 0.1) is 0 Å². The van der Waals surface area contributed by atoms with Gasteiger partial charge in [-0.05, 0) is 30.7 Å². The van der Waals surface area contributed by atoms with Gasteiger partial charge in [-0.1, -0.05) is 6.07 Å². The maximum Gasteiger partial charge on any atom is 0.219 e. The molecule has 5 heteroatoms. The minimum absolute atomic E-state index is 0.400. The summed E-state index contributed by atoms with van der Waals surface area (Å²) in [6, 6.07) is 8.82. The van der Waals surface area contributed by atoms with E-state index in [1.54, 1.807) is 51.6 Å². The third kappa shape index (κ3) is 3.00. The molecule has 1 heterocycles. The van der Waals surface area contributed by atoms with E-state index in [-0.39, 0.29) is 0 Å². The Hall–Kier alpha value is -2.27. The zero-order valence-corrected chi connectivity index (χ0v) is 11.7. The molecule has 0 radical (unpaired) electrons. The van der Waals surface area contributed by atoms with Crippen LogP contribution in [0.15, 0.2) is 36.5 Å². The largest absolute Gasteiger partial charge is 0.493 e. The highest BCUT2D eigenvalue weighted by Gasteiger charge is 2.13. The number of benzene rings is 1. The lowest BCUT2D eigenvalue weighted by Crippen LogP contribution is -1.97. The van der Waals surface area contributed by atoms with Gasteiger partial charge in [0.1, 0.15) is 0 Å². The number of aliphatic hydroxyl groups is 1. The maximum absolute atomic E-state index is 9.45. The van der Waals surface area contributed by atoms with Crippen LogP contribution in [0.3, 0.4) is 0 Å². The van der Waals surface area contributed by atoms with Crippen LogP contribution in [0.5, 0.6) is 23.1 Å². The van der Waals surface area contributed by atoms with E-state index < -0.39 is 6.10 Å². The summed E-state index contributed by atoms with van der Waals surface area (Å²) in [6.45, 7) is 1.68. The molecule has 2 aromatic rings. The van der Waals surface area contributed by atoms with Crippen molar-refractivity contribution in [2.24, 2.45) is 0 Å². The van der Waals surface area contributed by atoms with Gasteiger partial charge in [-0.25, -0.2) is 4.98 Å². The molecule has 20 heavy (non-hydrogen) atoms. The van der Waals surface area contributed by atoms with Crippen molar-refractivity contribution >= 4 is 0 Å². The molecule has 1 aromatic heterocycles. The number of hydrogen-bond acceptors (Lipinski definition) is 5. The van der Waals surface area contributed by atoms with Crippen LogP contribution in [0.1, 0.15) is 18.6 Å². The highest BCUT2D eigenvalue weighted by atomic mass is 16.5. The zero-order valence-electron chi connectivity index (χ0n) is 11.7. The molecule has 2 rings (SSSR count). The number of para-hydroxylation sites is 1. The van der Waals surface area contributed by atoms with Gasteiger partial charge in [0.05, 0.1) is 20.3 Å². The predicted octanol–water partition coefficient (Wildman–Crippen LogP) is 2.94. The van der Waals surface area contributed by atoms with Gasteiger partial charge in [-0.3, -0.25) is 0 Å². The van der Waals surface area contributed by atoms with E-state index in [2.05, 4.69) is 4.98 Å². The lowest BCUT2D eigenvalue weighted by atomic mass is 10.2. The summed E-state index contributed by atoms with van der Waals surface area (Å²) in [5.74, 6) is 1.99. The Balaban J connectivity index is 2.29. The molecule has 0 bridgehead atoms. The molecule has 0 aliphatic carbocycles. The van der Waals surface area contributed by atoms with E-state index in [4.69, 9.17) is 14.2 Å². The normalized spacial score (nSPS) is 11.8. The van der Waals surface area contributed by atoms with Gasteiger partial charge in [-0.2, -0.15) is 0 Å². The SMILES string of the molecule is COc1cccc(OC)c1Oc1ccc([C@H](C)O)cn1. The van der Waals surface area contributed by atoms with E-state index in [0.717, 1.165) is 5.56 Å². The molecule has 5 nitrogen and oxygen atoms in total. The number of nitrogens with zero attached hydrogens (tertiary/aromatic N) is 1. The number of rotatable bonds is 5. The number of methoxy groups -OCH3 is 2. The second kappa shape index (κ2) is 6.25. The topological polar surface area (TPSA) is 60.8 Å². The van der Waals surface area contributed by atoms with Crippen molar-refractivity contribution in [3.63, 3.8) is 0 Å². The third-order valence-corrected chi connectivity index (χ3v) is 2.83. The number of hydrogen-bond donors (Lipinski definition) is 1. The van der Waals surface area contributed by atoms with Crippen molar-refractivity contribution < 1.29 is 19.3 Å². The first-order chi connectivity index (χ1) is 9.65. The lowest BCUT2D eigenvalue weighted by Gasteiger charge is -2.13. The van der Waals surface area contributed by atoms with Crippen LogP contribution < -0.4 is 14.2 Å². The number of pyridine rings is 1. The fraction of sp³-hybridized carbons (Fsp3) is 0.267. The molecular formula is C15H17NO4. The van der Waals surface area contributed by atoms with Crippen molar-refractivity contribution in [1.82, 2.24) is 4.98 Å². The molecule has 106 valence electrons. The van der Waals surface area contributed by atoms with Crippen LogP contribution in [0.4, 0.5) is 0 Å². The second-order valence-corrected chi connectivity index (χ2v) is 4.20. The Labute approximate surface area is 117 Å². The Kier molecular flexibility index (Phi) is 4.42. The van der Waals surface area contributed by atoms with Crippen LogP contribution in [-0.2, 0) is 0 Å². The van der Waals surface area contributed by atoms with Gasteiger partial charge in [0.2, 0.25) is 11.6 Å². The van der Waals surface area contributed by atoms with Crippen molar-refractivity contribution in [3.05, 3.63) is 42.1 Å². The average molecular weight is 275 g/mol. The van der Waals surface area contributed by atoms with E-state index in [9.17, 15) is 5.11 Å². The summed E-state index contributed by atoms with van der Waals surface area (Å²) in [5, 5.41) is 9.45. The highest BCUT2D eigenvalue weighted by Crippen LogP contribution is 2.39. The van der Waals surface area contributed by atoms with Gasteiger partial charge in [0.15, 0.2) is 11.5 Å². The Morgan fingerprint density at radius 2 is 1.70 bits per heavy atom. The van der Waals surface area contributed by atoms with Gasteiger partial charge in [0, 0.05) is 12.3 Å². The molecule has 0 spiro atoms. The highest BCUT2D eigenvalue weighted by molar-refractivity contribution is 5.52. The van der Waals surface area contributed by atoms with Gasteiger partial charge in [0.25, 0.3) is 0 Å². The summed E-state index contributed by atoms with van der Waals surface area (Å²) in [6.07, 6.45) is 1.01. The molecule has 0 aliphatic rings. The smallest absolute Gasteiger partial charge is 0.219 e. The first-order valence-corrected chi connectivity index (χ1v) is 6.18. The van der Waals surface area contributed by atoms with E-state index in [1.807, 2.05) is 6.07 Å². The molecule has 0 amide bonds. The van der Waals surface area contributed by atoms with Crippen LogP contribution in [0.2, 0.25) is 0 Å². The standard InChI is InChI=1S/C15H17NO4/c1-10(17)11-7-8-14(16-9-11)20-15-12(18-2)5-4-6-13(15)19-3/h4-10,17H,1-3H3/t10-/m0/s1. The van der Waals surface area contributed by atoms with E-state index in [0.29, 0.717) is 23.1 Å². The predicted molar refractivity (Wildman–Crippen MR) is 74.5 cm³/mol. The van der Waals surface area contributed by atoms with Gasteiger partial charge < -0.3 is 19.3 Å². The Morgan fingerprint density at radius 1 is 1.05 bits per heavy atom. The molecule has 0 unspecified atom stereocenters. The van der Waals surface area contributed by atoms with Crippen molar-refractivity contribution in [3.8, 4) is 23.1 Å². The summed E-state index contributed by atoms with van der Waals surface area (Å²) in [5.41, 5.74) is 0.726. The molecule has 0 saturated heterocycles. The molecule has 0 aliphatic heterocycles. The molecule has 0 saturated carbocycles. The van der Waals surface area contributed by atoms with E-state index in [1.165, 1.54) is 0 Å². The Bertz CT molecular complexity index is 544. The number of aromatic nitrogens is 1. The molecular weight excluding hydrogens is 258 g/mol. The van der Waals surface area contributed by atoms with Crippen molar-refractivity contribution in [1.29, 1.82) is 0 Å². The van der Waals surface area contributed by atoms with Crippen LogP contribution >= 0.6 is 0 Å². The van der Waals surface area contributed by atoms with Crippen LogP contribution in [0.25, 0.3) is 0 Å². The first-order valence-electron chi connectivity index (χ1n) is 6.18. The van der Waals surface area contributed by atoms with Crippen LogP contribution in [-0.4, -0.2) is 24.3 Å². The Morgan fingerprint density at radius 3 is 2.15 bits per heavy atom. The number of aliphatic hydroxyl groups excluding tert-OH is 1. The fourth-order valence-electron chi connectivity index (χ4n) is 1.72. The second-order valence-electron chi connectivity index (χ2n) is 4.20. The van der Waals surface area contributed by atoms with Gasteiger partial charge >= 0.3 is 0 Å². The molecule has 1 aromatic carbocycles. The monoisotopic (exact) mass is 275 g/mol. The minimum atomic E-state index is -0.558. The summed E-state index contributed by atoms with van der Waals surface area (Å²) in [7, 11) is 3.12. The van der Waals surface area contributed by atoms with Crippen molar-refractivity contribution in [2.75, 3.05) is 14.2 Å². The third-order valence-electron chi connectivity index (χ3n) is 2.83. The summed E-state index contributed by atoms with van der Waals surface area (Å²) >= 11 is 0. The zero-order chi connectivity index (χ0) is 14.5. The molecule has 1 N–H and O–H groups in total. The average Bonchev–Trinajstić information content (AvgIpc) is 2.48. The minimum Gasteiger partial charge on any atom is -0.493 e. The summed E-state index contributed by atoms with van der Waals surface area (Å²) in [4.78, 5) is 4.15. The lowest BCUT2D eigenvalue weighted by molar-refractivity contribution is 0.198. The summed E-state index contributed by atoms with van der Waals surface area (Å²) < 4.78 is 16.2. The first kappa shape index (κ1) is 14.1. The van der Waals surface area contributed by atoms with Crippen molar-refractivity contribution in [2.45, 2.75) is 13.0 Å². The maximum atomic E-state index is 9.45. The van der Waals surface area contributed by atoms with E-state index >= 15 is 0 Å². The quantitative estimate of drug-likeness (QED) is 0.909. The molecule has 0 fully saturated rings. The molecule has 1 atom stereocenters. The number of ether oxygens (including phenoxy) is 3.